The van der Waals surface area contributed by atoms with E-state index in [4.69, 9.17) is 0 Å². The van der Waals surface area contributed by atoms with Gasteiger partial charge in [-0.1, -0.05) is 6.92 Å². The molecule has 1 heterocycles. The number of ketones is 1. The fourth-order valence-corrected chi connectivity index (χ4v) is 2.50. The van der Waals surface area contributed by atoms with Crippen LogP contribution in [0.2, 0.25) is 0 Å². The average Bonchev–Trinajstić information content (AvgIpc) is 2.96. The van der Waals surface area contributed by atoms with Crippen molar-refractivity contribution in [2.45, 2.75) is 58.1 Å². The van der Waals surface area contributed by atoms with Crippen LogP contribution in [-0.2, 0) is 4.79 Å². The van der Waals surface area contributed by atoms with Gasteiger partial charge in [-0.15, -0.1) is 0 Å². The molecular weight excluding hydrogens is 202 g/mol. The van der Waals surface area contributed by atoms with Crippen LogP contribution >= 0.6 is 0 Å². The first-order chi connectivity index (χ1) is 7.34. The van der Waals surface area contributed by atoms with E-state index in [0.29, 0.717) is 5.78 Å². The standard InChI is InChI=1S/C13H23NO2/c1-10(11(15)12(2)4-5-12)14-8-6-13(3,16)7-9-14/h10,16H,4-9H2,1-3H3/t10-/m1/s1. The van der Waals surface area contributed by atoms with Crippen LogP contribution in [0.3, 0.4) is 0 Å². The van der Waals surface area contributed by atoms with Gasteiger partial charge in [0.2, 0.25) is 0 Å². The number of carbonyl (C=O) groups excluding carboxylic acids is 1. The lowest BCUT2D eigenvalue weighted by Gasteiger charge is -2.39. The third-order valence-corrected chi connectivity index (χ3v) is 4.40. The Balaban J connectivity index is 1.91. The average molecular weight is 225 g/mol. The van der Waals surface area contributed by atoms with Crippen molar-refractivity contribution in [1.29, 1.82) is 0 Å². The molecule has 1 aliphatic heterocycles. The molecule has 0 aromatic carbocycles. The number of aliphatic hydroxyl groups is 1. The summed E-state index contributed by atoms with van der Waals surface area (Å²) in [5.41, 5.74) is -0.553. The maximum Gasteiger partial charge on any atom is 0.155 e. The van der Waals surface area contributed by atoms with Crippen molar-refractivity contribution in [2.75, 3.05) is 13.1 Å². The Morgan fingerprint density at radius 1 is 1.19 bits per heavy atom. The molecule has 92 valence electrons. The van der Waals surface area contributed by atoms with Crippen LogP contribution in [-0.4, -0.2) is 40.5 Å². The Morgan fingerprint density at radius 2 is 1.69 bits per heavy atom. The third-order valence-electron chi connectivity index (χ3n) is 4.40. The van der Waals surface area contributed by atoms with Gasteiger partial charge in [0.05, 0.1) is 11.6 Å². The number of nitrogens with zero attached hydrogens (tertiary/aromatic N) is 1. The van der Waals surface area contributed by atoms with Gasteiger partial charge in [-0.2, -0.15) is 0 Å². The molecule has 0 amide bonds. The Bertz CT molecular complexity index is 284. The van der Waals surface area contributed by atoms with Gasteiger partial charge in [0, 0.05) is 18.5 Å². The van der Waals surface area contributed by atoms with Gasteiger partial charge in [-0.25, -0.2) is 0 Å². The second-order valence-electron chi connectivity index (χ2n) is 6.13. The maximum absolute atomic E-state index is 12.2. The highest BCUT2D eigenvalue weighted by Gasteiger charge is 2.47. The van der Waals surface area contributed by atoms with Crippen molar-refractivity contribution in [2.24, 2.45) is 5.41 Å². The Hall–Kier alpha value is -0.410. The minimum Gasteiger partial charge on any atom is -0.390 e. The van der Waals surface area contributed by atoms with Gasteiger partial charge in [0.15, 0.2) is 5.78 Å². The molecule has 0 bridgehead atoms. The predicted molar refractivity (Wildman–Crippen MR) is 63.2 cm³/mol. The molecule has 2 rings (SSSR count). The first-order valence-corrected chi connectivity index (χ1v) is 6.35. The highest BCUT2D eigenvalue weighted by atomic mass is 16.3. The van der Waals surface area contributed by atoms with E-state index in [1.165, 1.54) is 0 Å². The molecule has 3 heteroatoms. The number of rotatable bonds is 3. The molecule has 0 aromatic rings. The van der Waals surface area contributed by atoms with Crippen LogP contribution in [0.15, 0.2) is 0 Å². The summed E-state index contributed by atoms with van der Waals surface area (Å²) < 4.78 is 0. The molecule has 0 radical (unpaired) electrons. The number of carbonyl (C=O) groups is 1. The van der Waals surface area contributed by atoms with E-state index < -0.39 is 5.60 Å². The van der Waals surface area contributed by atoms with Gasteiger partial charge in [-0.05, 0) is 39.5 Å². The van der Waals surface area contributed by atoms with E-state index in [-0.39, 0.29) is 11.5 Å². The van der Waals surface area contributed by atoms with Crippen LogP contribution < -0.4 is 0 Å². The Kier molecular flexibility index (Phi) is 2.87. The number of hydrogen-bond acceptors (Lipinski definition) is 3. The molecule has 1 N–H and O–H groups in total. The van der Waals surface area contributed by atoms with E-state index >= 15 is 0 Å². The van der Waals surface area contributed by atoms with Crippen molar-refractivity contribution >= 4 is 5.78 Å². The zero-order valence-electron chi connectivity index (χ0n) is 10.6. The summed E-state index contributed by atoms with van der Waals surface area (Å²) in [6.45, 7) is 7.67. The highest BCUT2D eigenvalue weighted by Crippen LogP contribution is 2.47. The Labute approximate surface area is 97.8 Å². The summed E-state index contributed by atoms with van der Waals surface area (Å²) in [5.74, 6) is 0.397. The SMILES string of the molecule is C[C@H](C(=O)C1(C)CC1)N1CCC(C)(O)CC1. The molecule has 0 unspecified atom stereocenters. The molecule has 0 aromatic heterocycles. The molecule has 1 saturated carbocycles. The molecule has 16 heavy (non-hydrogen) atoms. The number of likely N-dealkylation sites (tertiary alicyclic amines) is 1. The third kappa shape index (κ3) is 2.30. The first kappa shape index (κ1) is 12.1. The fourth-order valence-electron chi connectivity index (χ4n) is 2.50. The van der Waals surface area contributed by atoms with Crippen molar-refractivity contribution < 1.29 is 9.90 Å². The smallest absolute Gasteiger partial charge is 0.155 e. The minimum atomic E-state index is -0.525. The second kappa shape index (κ2) is 3.81. The molecule has 2 aliphatic rings. The molecule has 0 spiro atoms. The maximum atomic E-state index is 12.2. The lowest BCUT2D eigenvalue weighted by Crippen LogP contribution is -2.49. The first-order valence-electron chi connectivity index (χ1n) is 6.35. The lowest BCUT2D eigenvalue weighted by atomic mass is 9.90. The monoisotopic (exact) mass is 225 g/mol. The Morgan fingerprint density at radius 3 is 2.12 bits per heavy atom. The summed E-state index contributed by atoms with van der Waals surface area (Å²) >= 11 is 0. The van der Waals surface area contributed by atoms with Crippen LogP contribution in [0.25, 0.3) is 0 Å². The van der Waals surface area contributed by atoms with Crippen LogP contribution in [0, 0.1) is 5.41 Å². The van der Waals surface area contributed by atoms with Gasteiger partial charge < -0.3 is 5.11 Å². The van der Waals surface area contributed by atoms with E-state index in [2.05, 4.69) is 11.8 Å². The van der Waals surface area contributed by atoms with Crippen molar-refractivity contribution in [1.82, 2.24) is 4.90 Å². The fraction of sp³-hybridized carbons (Fsp3) is 0.923. The van der Waals surface area contributed by atoms with Gasteiger partial charge in [0.1, 0.15) is 0 Å². The van der Waals surface area contributed by atoms with Crippen LogP contribution in [0.5, 0.6) is 0 Å². The molecule has 2 fully saturated rings. The second-order valence-corrected chi connectivity index (χ2v) is 6.13. The summed E-state index contributed by atoms with van der Waals surface area (Å²) in [4.78, 5) is 14.4. The van der Waals surface area contributed by atoms with Crippen LogP contribution in [0.1, 0.15) is 46.5 Å². The summed E-state index contributed by atoms with van der Waals surface area (Å²) in [7, 11) is 0. The minimum absolute atomic E-state index is 0.0284. The molecule has 1 atom stereocenters. The van der Waals surface area contributed by atoms with E-state index in [1.807, 2.05) is 13.8 Å². The van der Waals surface area contributed by atoms with Crippen molar-refractivity contribution in [3.8, 4) is 0 Å². The van der Waals surface area contributed by atoms with Gasteiger partial charge in [0.25, 0.3) is 0 Å². The lowest BCUT2D eigenvalue weighted by molar-refractivity contribution is -0.130. The summed E-state index contributed by atoms with van der Waals surface area (Å²) in [6.07, 6.45) is 3.67. The molecule has 3 nitrogen and oxygen atoms in total. The van der Waals surface area contributed by atoms with E-state index in [9.17, 15) is 9.90 Å². The molecule has 1 aliphatic carbocycles. The molecule has 1 saturated heterocycles. The van der Waals surface area contributed by atoms with Crippen molar-refractivity contribution in [3.63, 3.8) is 0 Å². The number of Topliss-reactive ketones (excluding diaryl/α,β-unsaturated/α-hetero) is 1. The largest absolute Gasteiger partial charge is 0.390 e. The highest BCUT2D eigenvalue weighted by molar-refractivity contribution is 5.91. The zero-order valence-corrected chi connectivity index (χ0v) is 10.6. The summed E-state index contributed by atoms with van der Waals surface area (Å²) in [5, 5.41) is 9.87. The van der Waals surface area contributed by atoms with Gasteiger partial charge >= 0.3 is 0 Å². The normalized spacial score (nSPS) is 29.8. The van der Waals surface area contributed by atoms with Crippen molar-refractivity contribution in [3.05, 3.63) is 0 Å². The van der Waals surface area contributed by atoms with E-state index in [0.717, 1.165) is 38.8 Å². The number of hydrogen-bond donors (Lipinski definition) is 1. The topological polar surface area (TPSA) is 40.5 Å². The molecular formula is C13H23NO2. The predicted octanol–water partition coefficient (Wildman–Crippen LogP) is 1.59. The quantitative estimate of drug-likeness (QED) is 0.793. The van der Waals surface area contributed by atoms with E-state index in [1.54, 1.807) is 0 Å². The number of piperidine rings is 1. The summed E-state index contributed by atoms with van der Waals surface area (Å²) in [6, 6.07) is 0.0311. The van der Waals surface area contributed by atoms with Gasteiger partial charge in [-0.3, -0.25) is 9.69 Å². The zero-order chi connectivity index (χ0) is 12.0. The van der Waals surface area contributed by atoms with Crippen LogP contribution in [0.4, 0.5) is 0 Å².